The Hall–Kier alpha value is -3.76. The minimum Gasteiger partial charge on any atom is -0.456 e. The van der Waals surface area contributed by atoms with Gasteiger partial charge in [-0.05, 0) is 113 Å². The third-order valence-electron chi connectivity index (χ3n) is 14.1. The standard InChI is InChI=1S/C50H74N2O12/c1-29-22-30(2)24-43(61-7)46-44(62-8)26-32(4)50(59,64-46)47(56)48(57)52-21-10-9-14-38(52)49(58)63-45(31(3)25-35-17-20-39(53)42(27-35)60-6)33(5)40(54)28-41(55)36(23-29)13-11-12-34-15-18-37(51)19-16-34/h11-12,15-16,18-19,23,25,30,32-33,35-36,38-40,42-46,53-54,59H,9-10,13-14,17,20-22,24,26-28,51H2,1-8H3/b12-11+,29-23+,31-25+/t30-,32+,33+,35-,36+,38-,39+,40-,42+,43-,44-,45+,46+,50+/m0/s1. The molecule has 14 heteroatoms. The number of esters is 1. The molecule has 1 saturated carbocycles. The molecule has 0 aromatic heterocycles. The second-order valence-electron chi connectivity index (χ2n) is 19.1. The Morgan fingerprint density at radius 3 is 2.23 bits per heavy atom. The second kappa shape index (κ2) is 23.1. The van der Waals surface area contributed by atoms with Gasteiger partial charge in [-0.15, -0.1) is 0 Å². The molecule has 1 aromatic carbocycles. The van der Waals surface area contributed by atoms with Crippen LogP contribution in [-0.2, 0) is 42.9 Å². The number of nitrogen functional groups attached to an aromatic ring is 1. The van der Waals surface area contributed by atoms with Gasteiger partial charge in [0.25, 0.3) is 11.7 Å². The number of nitrogens with two attached hydrogens (primary N) is 1. The topological polar surface area (TPSA) is 204 Å². The lowest BCUT2D eigenvalue weighted by Gasteiger charge is -2.47. The van der Waals surface area contributed by atoms with Crippen LogP contribution in [0.2, 0.25) is 0 Å². The van der Waals surface area contributed by atoms with Crippen molar-refractivity contribution in [3.8, 4) is 0 Å². The van der Waals surface area contributed by atoms with Crippen LogP contribution in [0.4, 0.5) is 5.69 Å². The van der Waals surface area contributed by atoms with Gasteiger partial charge in [0.1, 0.15) is 24.0 Å². The minimum atomic E-state index is -2.53. The van der Waals surface area contributed by atoms with Crippen molar-refractivity contribution in [3.63, 3.8) is 0 Å². The number of fused-ring (bicyclic) bond motifs is 3. The number of carbonyl (C=O) groups excluding carboxylic acids is 4. The van der Waals surface area contributed by atoms with Gasteiger partial charge in [0.05, 0.1) is 30.5 Å². The van der Waals surface area contributed by atoms with Crippen molar-refractivity contribution in [2.24, 2.45) is 29.6 Å². The fraction of sp³-hybridized carbons (Fsp3) is 0.680. The Kier molecular flexibility index (Phi) is 18.5. The quantitative estimate of drug-likeness (QED) is 0.106. The molecule has 1 aromatic rings. The second-order valence-corrected chi connectivity index (χ2v) is 19.1. The number of allylic oxidation sites excluding steroid dienone is 4. The van der Waals surface area contributed by atoms with Crippen LogP contribution < -0.4 is 5.73 Å². The average Bonchev–Trinajstić information content (AvgIpc) is 3.27. The molecule has 356 valence electrons. The lowest BCUT2D eigenvalue weighted by atomic mass is 9.81. The van der Waals surface area contributed by atoms with E-state index in [1.165, 1.54) is 19.1 Å². The van der Waals surface area contributed by atoms with Gasteiger partial charge in [0, 0.05) is 57.7 Å². The summed E-state index contributed by atoms with van der Waals surface area (Å²) < 4.78 is 30.0. The summed E-state index contributed by atoms with van der Waals surface area (Å²) >= 11 is 0. The van der Waals surface area contributed by atoms with E-state index < -0.39 is 83.9 Å². The first-order valence-corrected chi connectivity index (χ1v) is 23.2. The lowest BCUT2D eigenvalue weighted by molar-refractivity contribution is -0.302. The van der Waals surface area contributed by atoms with Crippen LogP contribution in [0.1, 0.15) is 111 Å². The normalized spacial score (nSPS) is 37.9. The number of amides is 1. The van der Waals surface area contributed by atoms with E-state index in [4.69, 9.17) is 29.4 Å². The Bertz CT molecular complexity index is 1850. The number of ketones is 2. The highest BCUT2D eigenvalue weighted by atomic mass is 16.7. The van der Waals surface area contributed by atoms with E-state index in [9.17, 15) is 34.5 Å². The molecular weight excluding hydrogens is 821 g/mol. The molecule has 4 aliphatic rings. The highest BCUT2D eigenvalue weighted by molar-refractivity contribution is 6.39. The third kappa shape index (κ3) is 12.6. The molecule has 14 nitrogen and oxygen atoms in total. The maximum atomic E-state index is 14.5. The van der Waals surface area contributed by atoms with E-state index in [-0.39, 0.29) is 49.5 Å². The van der Waals surface area contributed by atoms with Crippen LogP contribution in [0.25, 0.3) is 6.08 Å². The fourth-order valence-corrected chi connectivity index (χ4v) is 10.2. The highest BCUT2D eigenvalue weighted by Gasteiger charge is 2.56. The number of Topliss-reactive ketones (excluding diaryl/α,β-unsaturated/α-hetero) is 2. The molecule has 1 aliphatic carbocycles. The number of carbonyl (C=O) groups is 4. The molecular formula is C50H74N2O12. The number of ether oxygens (including phenoxy) is 5. The maximum Gasteiger partial charge on any atom is 0.329 e. The van der Waals surface area contributed by atoms with Crippen molar-refractivity contribution in [2.75, 3.05) is 33.6 Å². The van der Waals surface area contributed by atoms with Gasteiger partial charge in [0.2, 0.25) is 5.79 Å². The summed E-state index contributed by atoms with van der Waals surface area (Å²) in [5.41, 5.74) is 9.06. The van der Waals surface area contributed by atoms with Gasteiger partial charge in [-0.3, -0.25) is 14.4 Å². The molecule has 3 aliphatic heterocycles. The van der Waals surface area contributed by atoms with Crippen LogP contribution in [0.5, 0.6) is 0 Å². The Labute approximate surface area is 379 Å². The van der Waals surface area contributed by atoms with Gasteiger partial charge in [-0.1, -0.05) is 62.8 Å². The lowest BCUT2D eigenvalue weighted by Crippen LogP contribution is -2.64. The zero-order chi connectivity index (χ0) is 46.9. The number of hydrogen-bond donors (Lipinski definition) is 4. The molecule has 14 atom stereocenters. The average molecular weight is 895 g/mol. The number of benzene rings is 1. The summed E-state index contributed by atoms with van der Waals surface area (Å²) in [4.78, 5) is 58.7. The van der Waals surface area contributed by atoms with Crippen molar-refractivity contribution in [1.82, 2.24) is 4.90 Å². The molecule has 3 heterocycles. The summed E-state index contributed by atoms with van der Waals surface area (Å²) in [5.74, 6) is -7.95. The number of aliphatic hydroxyl groups is 3. The molecule has 0 unspecified atom stereocenters. The van der Waals surface area contributed by atoms with Gasteiger partial charge < -0.3 is 49.6 Å². The highest BCUT2D eigenvalue weighted by Crippen LogP contribution is 2.39. The smallest absolute Gasteiger partial charge is 0.329 e. The van der Waals surface area contributed by atoms with Crippen LogP contribution in [0, 0.1) is 29.6 Å². The number of rotatable bonds is 8. The molecule has 64 heavy (non-hydrogen) atoms. The van der Waals surface area contributed by atoms with Crippen molar-refractivity contribution in [2.45, 2.75) is 160 Å². The molecule has 0 radical (unpaired) electrons. The molecule has 2 saturated heterocycles. The zero-order valence-corrected chi connectivity index (χ0v) is 39.2. The first kappa shape index (κ1) is 51.2. The first-order valence-electron chi connectivity index (χ1n) is 23.2. The van der Waals surface area contributed by atoms with Crippen molar-refractivity contribution in [3.05, 3.63) is 59.2 Å². The molecule has 5 rings (SSSR count). The van der Waals surface area contributed by atoms with E-state index in [2.05, 4.69) is 0 Å². The number of piperidine rings is 1. The molecule has 1 amide bonds. The first-order chi connectivity index (χ1) is 30.4. The monoisotopic (exact) mass is 895 g/mol. The van der Waals surface area contributed by atoms with Gasteiger partial charge in [-0.25, -0.2) is 4.79 Å². The van der Waals surface area contributed by atoms with Crippen LogP contribution in [0.15, 0.2) is 53.6 Å². The van der Waals surface area contributed by atoms with Crippen LogP contribution >= 0.6 is 0 Å². The van der Waals surface area contributed by atoms with E-state index in [0.29, 0.717) is 62.6 Å². The predicted molar refractivity (Wildman–Crippen MR) is 242 cm³/mol. The SMILES string of the molecule is CO[C@H]1C[C@@H](C)C/C(C)=C/[C@@H](C/C=C/c2ccc(N)cc2)C(=O)C[C@H](O)[C@@H](C)[C@@H](/C(C)=C/[C@@H]2CC[C@@H](O)[C@H](OC)C2)OC(=O)[C@@H]2CCCCN2C(=O)C(=O)[C@]2(O)O[C@H]1[C@@H](OC)C[C@H]2C. The summed E-state index contributed by atoms with van der Waals surface area (Å²) in [5, 5.41) is 34.6. The number of anilines is 1. The fourth-order valence-electron chi connectivity index (χ4n) is 10.2. The van der Waals surface area contributed by atoms with Crippen molar-refractivity contribution in [1.29, 1.82) is 0 Å². The molecule has 2 bridgehead atoms. The summed E-state index contributed by atoms with van der Waals surface area (Å²) in [7, 11) is 4.62. The molecule has 5 N–H and O–H groups in total. The van der Waals surface area contributed by atoms with Crippen molar-refractivity contribution >= 4 is 35.2 Å². The Morgan fingerprint density at radius 2 is 1.56 bits per heavy atom. The zero-order valence-electron chi connectivity index (χ0n) is 39.2. The maximum absolute atomic E-state index is 14.5. The number of methoxy groups -OCH3 is 3. The molecule has 0 spiro atoms. The number of hydrogen-bond acceptors (Lipinski definition) is 13. The van der Waals surface area contributed by atoms with Crippen molar-refractivity contribution < 1.29 is 58.2 Å². The Balaban J connectivity index is 1.55. The molecule has 3 fully saturated rings. The number of nitrogens with zero attached hydrogens (tertiary/aromatic N) is 1. The Morgan fingerprint density at radius 1 is 0.891 bits per heavy atom. The summed E-state index contributed by atoms with van der Waals surface area (Å²) in [6.07, 6.45) is 6.85. The van der Waals surface area contributed by atoms with Gasteiger partial charge >= 0.3 is 5.97 Å². The van der Waals surface area contributed by atoms with E-state index in [1.807, 2.05) is 69.3 Å². The number of cyclic esters (lactones) is 1. The van der Waals surface area contributed by atoms with Crippen LogP contribution in [-0.4, -0.2) is 126 Å². The van der Waals surface area contributed by atoms with E-state index in [0.717, 1.165) is 11.1 Å². The van der Waals surface area contributed by atoms with Gasteiger partial charge in [0.15, 0.2) is 0 Å². The summed E-state index contributed by atoms with van der Waals surface area (Å²) in [6.45, 7) is 9.28. The minimum absolute atomic E-state index is 0.0211. The summed E-state index contributed by atoms with van der Waals surface area (Å²) in [6, 6.07) is 6.26. The number of aliphatic hydroxyl groups excluding tert-OH is 2. The third-order valence-corrected chi connectivity index (χ3v) is 14.1. The van der Waals surface area contributed by atoms with E-state index >= 15 is 0 Å². The largest absolute Gasteiger partial charge is 0.456 e. The van der Waals surface area contributed by atoms with Crippen LogP contribution in [0.3, 0.4) is 0 Å². The van der Waals surface area contributed by atoms with E-state index in [1.54, 1.807) is 21.0 Å². The predicted octanol–water partition coefficient (Wildman–Crippen LogP) is 5.75. The van der Waals surface area contributed by atoms with Gasteiger partial charge in [-0.2, -0.15) is 0 Å².